The summed E-state index contributed by atoms with van der Waals surface area (Å²) in [7, 11) is 0. The molecule has 0 aliphatic carbocycles. The molecule has 168 valence electrons. The van der Waals surface area contributed by atoms with Crippen LogP contribution in [-0.4, -0.2) is 36.1 Å². The van der Waals surface area contributed by atoms with E-state index in [4.69, 9.17) is 4.98 Å². The Bertz CT molecular complexity index is 1420. The molecule has 0 radical (unpaired) electrons. The number of nitrogens with one attached hydrogen (secondary N) is 1. The highest BCUT2D eigenvalue weighted by Gasteiger charge is 2.22. The lowest BCUT2D eigenvalue weighted by atomic mass is 10.1. The first-order valence-corrected chi connectivity index (χ1v) is 12.0. The van der Waals surface area contributed by atoms with Crippen LogP contribution in [0, 0.1) is 0 Å². The van der Waals surface area contributed by atoms with Crippen LogP contribution in [0.2, 0.25) is 0 Å². The molecule has 0 saturated carbocycles. The fraction of sp³-hybridized carbons (Fsp3) is 0.167. The number of aromatic nitrogens is 1. The highest BCUT2D eigenvalue weighted by molar-refractivity contribution is 6.02. The number of anilines is 3. The number of para-hydroxylation sites is 1. The van der Waals surface area contributed by atoms with Crippen LogP contribution in [0.4, 0.5) is 17.1 Å². The number of hydrogen-bond acceptors (Lipinski definition) is 4. The van der Waals surface area contributed by atoms with Crippen molar-refractivity contribution < 1.29 is 0 Å². The maximum absolute atomic E-state index is 4.78. The summed E-state index contributed by atoms with van der Waals surface area (Å²) in [6.07, 6.45) is 2.00. The first kappa shape index (κ1) is 20.7. The summed E-state index contributed by atoms with van der Waals surface area (Å²) in [5.74, 6) is 0. The third-order valence-electron chi connectivity index (χ3n) is 6.74. The summed E-state index contributed by atoms with van der Waals surface area (Å²) >= 11 is 0. The van der Waals surface area contributed by atoms with E-state index in [-0.39, 0.29) is 0 Å². The van der Waals surface area contributed by atoms with Gasteiger partial charge in [-0.2, -0.15) is 0 Å². The van der Waals surface area contributed by atoms with E-state index >= 15 is 0 Å². The van der Waals surface area contributed by atoms with Gasteiger partial charge in [0, 0.05) is 49.2 Å². The number of pyridine rings is 1. The number of nitrogens with zero attached hydrogens (tertiary/aromatic N) is 3. The van der Waals surface area contributed by atoms with E-state index in [0.717, 1.165) is 49.6 Å². The van der Waals surface area contributed by atoms with Crippen LogP contribution in [0.3, 0.4) is 0 Å². The van der Waals surface area contributed by atoms with E-state index in [2.05, 4.69) is 112 Å². The molecule has 0 spiro atoms. The lowest BCUT2D eigenvalue weighted by molar-refractivity contribution is 0.250. The molecule has 1 saturated heterocycles. The van der Waals surface area contributed by atoms with E-state index in [1.165, 1.54) is 27.4 Å². The molecule has 6 rings (SSSR count). The summed E-state index contributed by atoms with van der Waals surface area (Å²) < 4.78 is 0. The number of benzene rings is 4. The Kier molecular flexibility index (Phi) is 5.58. The van der Waals surface area contributed by atoms with Crippen molar-refractivity contribution in [2.75, 3.05) is 36.4 Å². The summed E-state index contributed by atoms with van der Waals surface area (Å²) in [4.78, 5) is 9.86. The Morgan fingerprint density at radius 3 is 2.21 bits per heavy atom. The third-order valence-corrected chi connectivity index (χ3v) is 6.74. The summed E-state index contributed by atoms with van der Waals surface area (Å²) in [6.45, 7) is 5.07. The zero-order valence-corrected chi connectivity index (χ0v) is 19.2. The predicted octanol–water partition coefficient (Wildman–Crippen LogP) is 6.45. The van der Waals surface area contributed by atoms with E-state index in [9.17, 15) is 0 Å². The molecule has 1 N–H and O–H groups in total. The first-order chi connectivity index (χ1) is 16.8. The second kappa shape index (κ2) is 9.16. The molecule has 5 aromatic rings. The fourth-order valence-electron chi connectivity index (χ4n) is 5.01. The van der Waals surface area contributed by atoms with Gasteiger partial charge in [0.05, 0.1) is 23.1 Å². The number of piperazine rings is 1. The van der Waals surface area contributed by atoms with Crippen molar-refractivity contribution in [1.82, 2.24) is 9.88 Å². The highest BCUT2D eigenvalue weighted by Crippen LogP contribution is 2.37. The largest absolute Gasteiger partial charge is 0.367 e. The molecule has 4 aromatic carbocycles. The van der Waals surface area contributed by atoms with Gasteiger partial charge in [-0.15, -0.1) is 0 Å². The van der Waals surface area contributed by atoms with Crippen molar-refractivity contribution in [3.8, 4) is 0 Å². The Morgan fingerprint density at radius 1 is 0.647 bits per heavy atom. The molecule has 0 atom stereocenters. The topological polar surface area (TPSA) is 31.4 Å². The van der Waals surface area contributed by atoms with Gasteiger partial charge >= 0.3 is 0 Å². The SMILES string of the molecule is c1ccc(CN2CCN(c3c(Nc4cccc5ccccc45)cnc4ccccc34)CC2)cc1. The second-order valence-corrected chi connectivity index (χ2v) is 8.94. The molecule has 34 heavy (non-hydrogen) atoms. The molecule has 1 fully saturated rings. The van der Waals surface area contributed by atoms with Crippen molar-refractivity contribution >= 4 is 38.7 Å². The number of hydrogen-bond donors (Lipinski definition) is 1. The van der Waals surface area contributed by atoms with Gasteiger partial charge in [-0.25, -0.2) is 0 Å². The van der Waals surface area contributed by atoms with Crippen LogP contribution >= 0.6 is 0 Å². The standard InChI is InChI=1S/C30H28N4/c1-2-9-23(10-3-1)22-33-17-19-34(20-18-33)30-26-14-6-7-15-27(26)31-21-29(30)32-28-16-8-12-24-11-4-5-13-25(24)28/h1-16,21,32H,17-20,22H2. The molecule has 4 nitrogen and oxygen atoms in total. The van der Waals surface area contributed by atoms with Crippen LogP contribution < -0.4 is 10.2 Å². The maximum atomic E-state index is 4.78. The summed E-state index contributed by atoms with van der Waals surface area (Å²) in [6, 6.07) is 34.2. The van der Waals surface area contributed by atoms with Gasteiger partial charge in [-0.05, 0) is 23.1 Å². The Hall–Kier alpha value is -3.89. The zero-order valence-electron chi connectivity index (χ0n) is 19.2. The molecule has 0 unspecified atom stereocenters. The number of rotatable bonds is 5. The minimum absolute atomic E-state index is 0.991. The van der Waals surface area contributed by atoms with Crippen LogP contribution in [0.25, 0.3) is 21.7 Å². The van der Waals surface area contributed by atoms with Gasteiger partial charge in [-0.3, -0.25) is 9.88 Å². The second-order valence-electron chi connectivity index (χ2n) is 8.94. The molecular weight excluding hydrogens is 416 g/mol. The predicted molar refractivity (Wildman–Crippen MR) is 143 cm³/mol. The molecule has 2 heterocycles. The van der Waals surface area contributed by atoms with Gasteiger partial charge in [0.15, 0.2) is 0 Å². The van der Waals surface area contributed by atoms with Crippen molar-refractivity contribution in [2.24, 2.45) is 0 Å². The van der Waals surface area contributed by atoms with Gasteiger partial charge in [0.1, 0.15) is 0 Å². The molecule has 0 bridgehead atoms. The molecule has 1 aliphatic heterocycles. The third kappa shape index (κ3) is 4.09. The molecule has 1 aromatic heterocycles. The molecule has 1 aliphatic rings. The van der Waals surface area contributed by atoms with Crippen LogP contribution in [0.5, 0.6) is 0 Å². The summed E-state index contributed by atoms with van der Waals surface area (Å²) in [5, 5.41) is 7.39. The smallest absolute Gasteiger partial charge is 0.0815 e. The molecule has 0 amide bonds. The van der Waals surface area contributed by atoms with Crippen LogP contribution in [0.15, 0.2) is 103 Å². The van der Waals surface area contributed by atoms with E-state index in [1.54, 1.807) is 0 Å². The normalized spacial score (nSPS) is 14.5. The Labute approximate surface area is 200 Å². The molecular formula is C30H28N4. The lowest BCUT2D eigenvalue weighted by Crippen LogP contribution is -2.46. The average molecular weight is 445 g/mol. The zero-order chi connectivity index (χ0) is 22.7. The van der Waals surface area contributed by atoms with Gasteiger partial charge < -0.3 is 10.2 Å². The quantitative estimate of drug-likeness (QED) is 0.337. The van der Waals surface area contributed by atoms with Crippen molar-refractivity contribution in [3.63, 3.8) is 0 Å². The Morgan fingerprint density at radius 2 is 1.35 bits per heavy atom. The lowest BCUT2D eigenvalue weighted by Gasteiger charge is -2.37. The average Bonchev–Trinajstić information content (AvgIpc) is 2.90. The van der Waals surface area contributed by atoms with Crippen molar-refractivity contribution in [2.45, 2.75) is 6.54 Å². The molecule has 4 heteroatoms. The van der Waals surface area contributed by atoms with Gasteiger partial charge in [0.2, 0.25) is 0 Å². The maximum Gasteiger partial charge on any atom is 0.0815 e. The van der Waals surface area contributed by atoms with Crippen molar-refractivity contribution in [3.05, 3.63) is 109 Å². The monoisotopic (exact) mass is 444 g/mol. The number of fused-ring (bicyclic) bond motifs is 2. The van der Waals surface area contributed by atoms with E-state index < -0.39 is 0 Å². The van der Waals surface area contributed by atoms with Gasteiger partial charge in [-0.1, -0.05) is 84.9 Å². The Balaban J connectivity index is 1.32. The minimum atomic E-state index is 0.991. The minimum Gasteiger partial charge on any atom is -0.367 e. The highest BCUT2D eigenvalue weighted by atomic mass is 15.3. The van der Waals surface area contributed by atoms with Crippen LogP contribution in [-0.2, 0) is 6.54 Å². The van der Waals surface area contributed by atoms with E-state index in [1.807, 2.05) is 6.20 Å². The van der Waals surface area contributed by atoms with Gasteiger partial charge in [0.25, 0.3) is 0 Å². The van der Waals surface area contributed by atoms with E-state index in [0.29, 0.717) is 0 Å². The summed E-state index contributed by atoms with van der Waals surface area (Å²) in [5.41, 5.74) is 5.83. The van der Waals surface area contributed by atoms with Crippen molar-refractivity contribution in [1.29, 1.82) is 0 Å². The fourth-order valence-corrected chi connectivity index (χ4v) is 5.01. The first-order valence-electron chi connectivity index (χ1n) is 12.0. The van der Waals surface area contributed by atoms with Crippen LogP contribution in [0.1, 0.15) is 5.56 Å².